The average molecular weight is 359 g/mol. The first-order valence-electron chi connectivity index (χ1n) is 8.46. The zero-order chi connectivity index (χ0) is 18.7. The molecule has 0 radical (unpaired) electrons. The van der Waals surface area contributed by atoms with Crippen molar-refractivity contribution in [1.82, 2.24) is 0 Å². The Bertz CT molecular complexity index is 802. The molecule has 2 heterocycles. The molecule has 0 aliphatic carbocycles. The molecule has 1 aromatic carbocycles. The van der Waals surface area contributed by atoms with Crippen molar-refractivity contribution in [2.75, 3.05) is 36.5 Å². The zero-order valence-corrected chi connectivity index (χ0v) is 14.6. The first kappa shape index (κ1) is 18.0. The van der Waals surface area contributed by atoms with Crippen LogP contribution in [0.4, 0.5) is 17.1 Å². The second kappa shape index (κ2) is 7.63. The van der Waals surface area contributed by atoms with Crippen LogP contribution in [0.3, 0.4) is 0 Å². The number of hydrogen-bond acceptors (Lipinski definition) is 7. The van der Waals surface area contributed by atoms with E-state index in [4.69, 9.17) is 10.8 Å². The van der Waals surface area contributed by atoms with Crippen LogP contribution in [0.15, 0.2) is 28.3 Å². The fraction of sp³-hybridized carbons (Fsp3) is 0.412. The first-order valence-corrected chi connectivity index (χ1v) is 8.46. The molecule has 2 aliphatic rings. The van der Waals surface area contributed by atoms with Gasteiger partial charge in [-0.2, -0.15) is 0 Å². The Morgan fingerprint density at radius 2 is 2.35 bits per heavy atom. The summed E-state index contributed by atoms with van der Waals surface area (Å²) in [6, 6.07) is 5.54. The van der Waals surface area contributed by atoms with E-state index in [-0.39, 0.29) is 25.2 Å². The standard InChI is InChI=1S/C17H22N6O3/c1-11(25)20-15-8-12(22-5-4-13(26)10-22)2-3-14(15)21-16-9-19-23(6-7-24)17(16)18/h2-3,8-9,13,24,26H,4-7,10H2,1H3,(H2,18,19,20,25)/p+1. The summed E-state index contributed by atoms with van der Waals surface area (Å²) in [5.41, 5.74) is 8.50. The van der Waals surface area contributed by atoms with Crippen LogP contribution < -0.4 is 16.0 Å². The first-order chi connectivity index (χ1) is 12.5. The number of amides is 1. The Hall–Kier alpha value is -2.78. The van der Waals surface area contributed by atoms with Gasteiger partial charge in [0.15, 0.2) is 5.71 Å². The predicted octanol–water partition coefficient (Wildman–Crippen LogP) is -0.350. The van der Waals surface area contributed by atoms with E-state index in [0.29, 0.717) is 29.5 Å². The highest BCUT2D eigenvalue weighted by Crippen LogP contribution is 2.32. The van der Waals surface area contributed by atoms with Gasteiger partial charge in [0.1, 0.15) is 12.8 Å². The largest absolute Gasteiger partial charge is 0.392 e. The molecule has 0 aromatic heterocycles. The summed E-state index contributed by atoms with van der Waals surface area (Å²) < 4.78 is 1.47. The highest BCUT2D eigenvalue weighted by Gasteiger charge is 2.23. The lowest BCUT2D eigenvalue weighted by Crippen LogP contribution is -2.30. The number of anilines is 2. The molecule has 26 heavy (non-hydrogen) atoms. The van der Waals surface area contributed by atoms with Crippen LogP contribution in [0.2, 0.25) is 0 Å². The van der Waals surface area contributed by atoms with Gasteiger partial charge < -0.3 is 20.4 Å². The third-order valence-electron chi connectivity index (χ3n) is 4.23. The van der Waals surface area contributed by atoms with Gasteiger partial charge in [-0.25, -0.2) is 4.99 Å². The van der Waals surface area contributed by atoms with Gasteiger partial charge in [0.25, 0.3) is 0 Å². The van der Waals surface area contributed by atoms with Crippen LogP contribution in [0.25, 0.3) is 0 Å². The van der Waals surface area contributed by atoms with Crippen molar-refractivity contribution in [1.29, 1.82) is 0 Å². The number of carbonyl (C=O) groups is 1. The highest BCUT2D eigenvalue weighted by atomic mass is 16.3. The second-order valence-electron chi connectivity index (χ2n) is 6.24. The minimum Gasteiger partial charge on any atom is -0.392 e. The fourth-order valence-corrected chi connectivity index (χ4v) is 2.96. The number of aliphatic hydroxyl groups excluding tert-OH is 2. The Balaban J connectivity index is 1.93. The molecular weight excluding hydrogens is 336 g/mol. The van der Waals surface area contributed by atoms with E-state index in [1.54, 1.807) is 6.07 Å². The molecule has 2 aliphatic heterocycles. The summed E-state index contributed by atoms with van der Waals surface area (Å²) in [4.78, 5) is 18.2. The number of benzene rings is 1. The van der Waals surface area contributed by atoms with E-state index < -0.39 is 0 Å². The number of rotatable bonds is 5. The van der Waals surface area contributed by atoms with Gasteiger partial charge in [0.05, 0.1) is 24.1 Å². The molecule has 0 bridgehead atoms. The van der Waals surface area contributed by atoms with E-state index in [9.17, 15) is 9.90 Å². The lowest BCUT2D eigenvalue weighted by Gasteiger charge is -2.19. The van der Waals surface area contributed by atoms with Gasteiger partial charge in [0, 0.05) is 25.7 Å². The number of carbonyl (C=O) groups excluding carboxylic acids is 1. The summed E-state index contributed by atoms with van der Waals surface area (Å²) >= 11 is 0. The van der Waals surface area contributed by atoms with Crippen molar-refractivity contribution in [2.45, 2.75) is 19.4 Å². The molecular formula is C17H23N6O3+. The third-order valence-corrected chi connectivity index (χ3v) is 4.23. The lowest BCUT2D eigenvalue weighted by molar-refractivity contribution is -0.532. The van der Waals surface area contributed by atoms with Crippen LogP contribution in [-0.4, -0.2) is 70.9 Å². The van der Waals surface area contributed by atoms with Crippen molar-refractivity contribution in [3.05, 3.63) is 18.2 Å². The molecule has 1 saturated heterocycles. The molecule has 138 valence electrons. The van der Waals surface area contributed by atoms with Gasteiger partial charge in [-0.15, -0.1) is 4.68 Å². The van der Waals surface area contributed by atoms with E-state index >= 15 is 0 Å². The average Bonchev–Trinajstić information content (AvgIpc) is 3.17. The zero-order valence-electron chi connectivity index (χ0n) is 14.6. The number of nitrogens with zero attached hydrogens (tertiary/aromatic N) is 4. The minimum atomic E-state index is -0.333. The molecule has 0 spiro atoms. The number of aliphatic imine (C=N–C) groups is 1. The van der Waals surface area contributed by atoms with Gasteiger partial charge in [-0.3, -0.25) is 10.5 Å². The predicted molar refractivity (Wildman–Crippen MR) is 101 cm³/mol. The topological polar surface area (TPSA) is 127 Å². The summed E-state index contributed by atoms with van der Waals surface area (Å²) in [5.74, 6) is 0.142. The maximum Gasteiger partial charge on any atom is 0.321 e. The number of aliphatic hydroxyl groups is 2. The van der Waals surface area contributed by atoms with Gasteiger partial charge in [-0.1, -0.05) is 5.10 Å². The van der Waals surface area contributed by atoms with Crippen molar-refractivity contribution < 1.29 is 19.7 Å². The summed E-state index contributed by atoms with van der Waals surface area (Å²) in [6.07, 6.45) is 1.91. The van der Waals surface area contributed by atoms with E-state index in [2.05, 4.69) is 20.3 Å². The minimum absolute atomic E-state index is 0.0706. The number of amidine groups is 1. The molecule has 9 heteroatoms. The highest BCUT2D eigenvalue weighted by molar-refractivity contribution is 6.62. The van der Waals surface area contributed by atoms with Crippen LogP contribution in [0, 0.1) is 0 Å². The molecule has 1 aromatic rings. The van der Waals surface area contributed by atoms with Crippen LogP contribution in [0.5, 0.6) is 0 Å². The van der Waals surface area contributed by atoms with Crippen molar-refractivity contribution >= 4 is 40.7 Å². The number of β-amino-alcohol motifs (C(OH)–C–C–N with tert-alkyl or cyclic N) is 2. The molecule has 1 atom stereocenters. The summed E-state index contributed by atoms with van der Waals surface area (Å²) in [6.45, 7) is 2.98. The maximum absolute atomic E-state index is 11.6. The monoisotopic (exact) mass is 359 g/mol. The SMILES string of the molecule is CC(=O)Nc1cc(N2CCC(O)C2)ccc1N=C1C=N[N+](CCO)=C1N. The Labute approximate surface area is 151 Å². The molecule has 1 amide bonds. The van der Waals surface area contributed by atoms with E-state index in [1.807, 2.05) is 12.1 Å². The number of nitrogens with one attached hydrogen (secondary N) is 1. The lowest BCUT2D eigenvalue weighted by atomic mass is 10.2. The molecule has 1 fully saturated rings. The molecule has 1 unspecified atom stereocenters. The molecule has 3 rings (SSSR count). The normalized spacial score (nSPS) is 21.1. The van der Waals surface area contributed by atoms with Gasteiger partial charge in [0.2, 0.25) is 5.91 Å². The number of hydrogen-bond donors (Lipinski definition) is 4. The van der Waals surface area contributed by atoms with Crippen molar-refractivity contribution in [3.8, 4) is 0 Å². The Kier molecular flexibility index (Phi) is 5.29. The van der Waals surface area contributed by atoms with Crippen LogP contribution in [-0.2, 0) is 4.79 Å². The molecule has 5 N–H and O–H groups in total. The second-order valence-corrected chi connectivity index (χ2v) is 6.24. The molecule has 0 saturated carbocycles. The Morgan fingerprint density at radius 1 is 1.54 bits per heavy atom. The van der Waals surface area contributed by atoms with E-state index in [0.717, 1.165) is 18.7 Å². The van der Waals surface area contributed by atoms with E-state index in [1.165, 1.54) is 17.8 Å². The Morgan fingerprint density at radius 3 is 3.00 bits per heavy atom. The van der Waals surface area contributed by atoms with Gasteiger partial charge in [-0.05, 0) is 24.6 Å². The summed E-state index contributed by atoms with van der Waals surface area (Å²) in [7, 11) is 0. The molecule has 9 nitrogen and oxygen atoms in total. The number of hydrazone groups is 1. The van der Waals surface area contributed by atoms with Crippen LogP contribution in [0.1, 0.15) is 13.3 Å². The summed E-state index contributed by atoms with van der Waals surface area (Å²) in [5, 5.41) is 25.6. The van der Waals surface area contributed by atoms with Gasteiger partial charge >= 0.3 is 5.84 Å². The van der Waals surface area contributed by atoms with Crippen molar-refractivity contribution in [3.63, 3.8) is 0 Å². The number of nitrogens with two attached hydrogens (primary N) is 1. The maximum atomic E-state index is 11.6. The fourth-order valence-electron chi connectivity index (χ4n) is 2.96. The third kappa shape index (κ3) is 3.89. The van der Waals surface area contributed by atoms with Crippen molar-refractivity contribution in [2.24, 2.45) is 15.8 Å². The van der Waals surface area contributed by atoms with Crippen LogP contribution >= 0.6 is 0 Å². The smallest absolute Gasteiger partial charge is 0.321 e. The quantitative estimate of drug-likeness (QED) is 0.535.